The summed E-state index contributed by atoms with van der Waals surface area (Å²) in [5.74, 6) is 1.97. The second-order valence-corrected chi connectivity index (χ2v) is 6.13. The molecule has 1 fully saturated rings. The predicted octanol–water partition coefficient (Wildman–Crippen LogP) is 4.63. The number of hydrogen-bond acceptors (Lipinski definition) is 4. The summed E-state index contributed by atoms with van der Waals surface area (Å²) >= 11 is 0. The number of nitrogens with one attached hydrogen (secondary N) is 1. The van der Waals surface area contributed by atoms with E-state index in [9.17, 15) is 4.39 Å². The van der Waals surface area contributed by atoms with Crippen LogP contribution in [0.4, 0.5) is 21.7 Å². The molecule has 3 aromatic rings. The Morgan fingerprint density at radius 2 is 1.68 bits per heavy atom. The van der Waals surface area contributed by atoms with Gasteiger partial charge in [-0.25, -0.2) is 14.4 Å². The highest BCUT2D eigenvalue weighted by atomic mass is 19.1. The molecule has 1 N–H and O–H groups in total. The maximum atomic E-state index is 13.5. The van der Waals surface area contributed by atoms with Crippen LogP contribution in [0.2, 0.25) is 0 Å². The molecular formula is C20H19FN4. The van der Waals surface area contributed by atoms with Crippen LogP contribution in [0.15, 0.2) is 60.7 Å². The van der Waals surface area contributed by atoms with Crippen LogP contribution < -0.4 is 10.2 Å². The van der Waals surface area contributed by atoms with Gasteiger partial charge in [-0.1, -0.05) is 36.4 Å². The Kier molecular flexibility index (Phi) is 4.29. The Bertz CT molecular complexity index is 861. The van der Waals surface area contributed by atoms with Gasteiger partial charge in [-0.2, -0.15) is 0 Å². The first-order valence-corrected chi connectivity index (χ1v) is 8.50. The first-order chi connectivity index (χ1) is 12.3. The first kappa shape index (κ1) is 15.6. The van der Waals surface area contributed by atoms with Gasteiger partial charge in [0.25, 0.3) is 0 Å². The molecule has 2 heterocycles. The summed E-state index contributed by atoms with van der Waals surface area (Å²) in [5.41, 5.74) is 1.64. The second kappa shape index (κ2) is 6.89. The molecule has 1 aromatic heterocycles. The predicted molar refractivity (Wildman–Crippen MR) is 98.6 cm³/mol. The fraction of sp³-hybridized carbons (Fsp3) is 0.200. The van der Waals surface area contributed by atoms with E-state index in [4.69, 9.17) is 4.98 Å². The van der Waals surface area contributed by atoms with Gasteiger partial charge in [0.2, 0.25) is 0 Å². The van der Waals surface area contributed by atoms with Crippen molar-refractivity contribution >= 4 is 17.3 Å². The third kappa shape index (κ3) is 3.60. The van der Waals surface area contributed by atoms with Gasteiger partial charge in [0, 0.05) is 30.4 Å². The van der Waals surface area contributed by atoms with Crippen LogP contribution in [0.1, 0.15) is 12.8 Å². The molecule has 1 aliphatic heterocycles. The zero-order chi connectivity index (χ0) is 17.1. The van der Waals surface area contributed by atoms with Crippen molar-refractivity contribution in [1.29, 1.82) is 0 Å². The minimum Gasteiger partial charge on any atom is -0.356 e. The molecule has 4 rings (SSSR count). The lowest BCUT2D eigenvalue weighted by atomic mass is 10.2. The standard InChI is InChI=1S/C20H19FN4/c21-16-9-6-10-17(13-16)22-18-14-19(25-11-4-5-12-25)24-20(23-18)15-7-2-1-3-8-15/h1-3,6-10,13-14H,4-5,11-12H2,(H,22,23,24). The lowest BCUT2D eigenvalue weighted by molar-refractivity contribution is 0.628. The largest absolute Gasteiger partial charge is 0.356 e. The van der Waals surface area contributed by atoms with Gasteiger partial charge in [-0.15, -0.1) is 0 Å². The van der Waals surface area contributed by atoms with Gasteiger partial charge >= 0.3 is 0 Å². The fourth-order valence-corrected chi connectivity index (χ4v) is 3.04. The van der Waals surface area contributed by atoms with Crippen LogP contribution in [-0.4, -0.2) is 23.1 Å². The summed E-state index contributed by atoms with van der Waals surface area (Å²) in [5, 5.41) is 3.20. The highest BCUT2D eigenvalue weighted by Crippen LogP contribution is 2.26. The van der Waals surface area contributed by atoms with Crippen molar-refractivity contribution < 1.29 is 4.39 Å². The molecule has 0 radical (unpaired) electrons. The quantitative estimate of drug-likeness (QED) is 0.755. The number of benzene rings is 2. The van der Waals surface area contributed by atoms with E-state index in [0.717, 1.165) is 24.5 Å². The Labute approximate surface area is 146 Å². The summed E-state index contributed by atoms with van der Waals surface area (Å²) in [6.45, 7) is 2.01. The van der Waals surface area contributed by atoms with Crippen molar-refractivity contribution in [1.82, 2.24) is 9.97 Å². The molecule has 4 nitrogen and oxygen atoms in total. The number of hydrogen-bond donors (Lipinski definition) is 1. The zero-order valence-electron chi connectivity index (χ0n) is 13.8. The average Bonchev–Trinajstić information content (AvgIpc) is 3.17. The second-order valence-electron chi connectivity index (χ2n) is 6.13. The van der Waals surface area contributed by atoms with Crippen molar-refractivity contribution in [2.75, 3.05) is 23.3 Å². The Balaban J connectivity index is 1.73. The molecule has 1 aliphatic rings. The normalized spacial score (nSPS) is 13.9. The maximum Gasteiger partial charge on any atom is 0.163 e. The van der Waals surface area contributed by atoms with Gasteiger partial charge in [0.15, 0.2) is 5.82 Å². The molecule has 0 spiro atoms. The summed E-state index contributed by atoms with van der Waals surface area (Å²) in [4.78, 5) is 11.6. The molecule has 25 heavy (non-hydrogen) atoms. The van der Waals surface area contributed by atoms with Crippen LogP contribution in [0.5, 0.6) is 0 Å². The van der Waals surface area contributed by atoms with Crippen molar-refractivity contribution in [3.8, 4) is 11.4 Å². The van der Waals surface area contributed by atoms with Crippen LogP contribution in [-0.2, 0) is 0 Å². The number of anilines is 3. The number of aromatic nitrogens is 2. The molecule has 0 bridgehead atoms. The molecule has 0 amide bonds. The van der Waals surface area contributed by atoms with Crippen LogP contribution in [0.3, 0.4) is 0 Å². The monoisotopic (exact) mass is 334 g/mol. The average molecular weight is 334 g/mol. The van der Waals surface area contributed by atoms with Gasteiger partial charge in [0.1, 0.15) is 17.5 Å². The van der Waals surface area contributed by atoms with Crippen molar-refractivity contribution in [3.63, 3.8) is 0 Å². The minimum absolute atomic E-state index is 0.276. The van der Waals surface area contributed by atoms with E-state index < -0.39 is 0 Å². The zero-order valence-corrected chi connectivity index (χ0v) is 13.8. The number of halogens is 1. The van der Waals surface area contributed by atoms with E-state index in [1.54, 1.807) is 6.07 Å². The molecule has 0 saturated carbocycles. The fourth-order valence-electron chi connectivity index (χ4n) is 3.04. The Morgan fingerprint density at radius 3 is 2.44 bits per heavy atom. The van der Waals surface area contributed by atoms with E-state index in [0.29, 0.717) is 17.3 Å². The van der Waals surface area contributed by atoms with Crippen LogP contribution in [0.25, 0.3) is 11.4 Å². The molecule has 0 atom stereocenters. The van der Waals surface area contributed by atoms with E-state index >= 15 is 0 Å². The summed E-state index contributed by atoms with van der Waals surface area (Å²) < 4.78 is 13.5. The van der Waals surface area contributed by atoms with E-state index in [2.05, 4.69) is 15.2 Å². The smallest absolute Gasteiger partial charge is 0.163 e. The molecule has 0 unspecified atom stereocenters. The van der Waals surface area contributed by atoms with Crippen LogP contribution >= 0.6 is 0 Å². The topological polar surface area (TPSA) is 41.0 Å². The van der Waals surface area contributed by atoms with E-state index in [-0.39, 0.29) is 5.82 Å². The van der Waals surface area contributed by atoms with Gasteiger partial charge in [-0.05, 0) is 31.0 Å². The van der Waals surface area contributed by atoms with Gasteiger partial charge in [-0.3, -0.25) is 0 Å². The molecule has 2 aromatic carbocycles. The van der Waals surface area contributed by atoms with Gasteiger partial charge in [0.05, 0.1) is 0 Å². The van der Waals surface area contributed by atoms with Gasteiger partial charge < -0.3 is 10.2 Å². The maximum absolute atomic E-state index is 13.5. The molecular weight excluding hydrogens is 315 g/mol. The number of nitrogens with zero attached hydrogens (tertiary/aromatic N) is 3. The van der Waals surface area contributed by atoms with E-state index in [1.165, 1.54) is 25.0 Å². The summed E-state index contributed by atoms with van der Waals surface area (Å²) in [6.07, 6.45) is 2.36. The van der Waals surface area contributed by atoms with Crippen molar-refractivity contribution in [3.05, 3.63) is 66.5 Å². The highest BCUT2D eigenvalue weighted by molar-refractivity contribution is 5.65. The third-order valence-corrected chi connectivity index (χ3v) is 4.27. The Morgan fingerprint density at radius 1 is 0.880 bits per heavy atom. The van der Waals surface area contributed by atoms with Crippen molar-refractivity contribution in [2.24, 2.45) is 0 Å². The van der Waals surface area contributed by atoms with Crippen molar-refractivity contribution in [2.45, 2.75) is 12.8 Å². The highest BCUT2D eigenvalue weighted by Gasteiger charge is 2.16. The summed E-state index contributed by atoms with van der Waals surface area (Å²) in [6, 6.07) is 18.2. The van der Waals surface area contributed by atoms with Crippen LogP contribution in [0, 0.1) is 5.82 Å². The molecule has 1 saturated heterocycles. The lowest BCUT2D eigenvalue weighted by Crippen LogP contribution is -2.19. The SMILES string of the molecule is Fc1cccc(Nc2cc(N3CCCC3)nc(-c3ccccc3)n2)c1. The minimum atomic E-state index is -0.276. The Hall–Kier alpha value is -2.95. The van der Waals surface area contributed by atoms with E-state index in [1.807, 2.05) is 42.5 Å². The third-order valence-electron chi connectivity index (χ3n) is 4.27. The summed E-state index contributed by atoms with van der Waals surface area (Å²) in [7, 11) is 0. The molecule has 126 valence electrons. The molecule has 5 heteroatoms. The number of rotatable bonds is 4. The molecule has 0 aliphatic carbocycles. The lowest BCUT2D eigenvalue weighted by Gasteiger charge is -2.18. The first-order valence-electron chi connectivity index (χ1n) is 8.50.